The highest BCUT2D eigenvalue weighted by atomic mass is 32.2. The molecule has 1 fully saturated rings. The predicted molar refractivity (Wildman–Crippen MR) is 124 cm³/mol. The van der Waals surface area contributed by atoms with Crippen molar-refractivity contribution >= 4 is 32.7 Å². The molecule has 1 aromatic carbocycles. The Balaban J connectivity index is 1.68. The topological polar surface area (TPSA) is 123 Å². The molecule has 174 valence electrons. The number of sulfonamides is 1. The summed E-state index contributed by atoms with van der Waals surface area (Å²) in [4.78, 5) is 43.9. The molecular formula is C22H25N5O5S. The molecule has 0 atom stereocenters. The van der Waals surface area contributed by atoms with Crippen molar-refractivity contribution in [2.75, 3.05) is 17.8 Å². The Morgan fingerprint density at radius 2 is 1.85 bits per heavy atom. The van der Waals surface area contributed by atoms with Crippen molar-refractivity contribution in [3.05, 3.63) is 62.9 Å². The Morgan fingerprint density at radius 3 is 2.52 bits per heavy atom. The van der Waals surface area contributed by atoms with Crippen LogP contribution in [-0.4, -0.2) is 46.4 Å². The number of nitrogens with zero attached hydrogens (tertiary/aromatic N) is 4. The Bertz CT molecular complexity index is 1440. The third kappa shape index (κ3) is 4.54. The van der Waals surface area contributed by atoms with Crippen LogP contribution in [0.3, 0.4) is 0 Å². The number of pyridine rings is 1. The van der Waals surface area contributed by atoms with Crippen LogP contribution in [0.4, 0.5) is 5.82 Å². The molecule has 2 aromatic heterocycles. The molecule has 4 rings (SSSR count). The average Bonchev–Trinajstić information content (AvgIpc) is 3.33. The number of rotatable bonds is 6. The molecule has 1 saturated heterocycles. The van der Waals surface area contributed by atoms with Crippen molar-refractivity contribution < 1.29 is 13.2 Å². The average molecular weight is 472 g/mol. The molecule has 3 heterocycles. The molecule has 0 radical (unpaired) electrons. The maximum absolute atomic E-state index is 13.1. The minimum absolute atomic E-state index is 0.0271. The standard InChI is InChI=1S/C22H25N5O5S/c1-15-5-8-19(23-14-15)24-33(31,32)16-6-7-18-17(13-16)21(29)27(22(30)25(18)2)12-9-20(28)26-10-3-4-11-26/h5-8,13-14H,3-4,9-12H2,1-2H3,(H,23,24). The summed E-state index contributed by atoms with van der Waals surface area (Å²) < 4.78 is 30.4. The van der Waals surface area contributed by atoms with E-state index in [2.05, 4.69) is 9.71 Å². The number of nitrogens with one attached hydrogen (secondary N) is 1. The van der Waals surface area contributed by atoms with Gasteiger partial charge in [0.15, 0.2) is 0 Å². The molecule has 11 heteroatoms. The van der Waals surface area contributed by atoms with E-state index in [-0.39, 0.29) is 35.0 Å². The Labute approximate surface area is 190 Å². The van der Waals surface area contributed by atoms with Gasteiger partial charge in [-0.1, -0.05) is 6.07 Å². The Hall–Kier alpha value is -3.47. The molecule has 0 aliphatic carbocycles. The van der Waals surface area contributed by atoms with Gasteiger partial charge in [-0.05, 0) is 49.6 Å². The van der Waals surface area contributed by atoms with Crippen LogP contribution in [0.25, 0.3) is 10.9 Å². The maximum Gasteiger partial charge on any atom is 0.331 e. The summed E-state index contributed by atoms with van der Waals surface area (Å²) in [5.41, 5.74) is 0.00000613. The summed E-state index contributed by atoms with van der Waals surface area (Å²) in [6.45, 7) is 3.14. The van der Waals surface area contributed by atoms with E-state index in [4.69, 9.17) is 0 Å². The van der Waals surface area contributed by atoms with Crippen LogP contribution in [0.1, 0.15) is 24.8 Å². The molecule has 0 bridgehead atoms. The Kier molecular flexibility index (Phi) is 6.07. The van der Waals surface area contributed by atoms with E-state index in [0.717, 1.165) is 23.0 Å². The number of aryl methyl sites for hydroxylation is 2. The molecule has 0 unspecified atom stereocenters. The van der Waals surface area contributed by atoms with Crippen LogP contribution < -0.4 is 16.0 Å². The number of benzene rings is 1. The number of carbonyl (C=O) groups excluding carboxylic acids is 1. The van der Waals surface area contributed by atoms with E-state index in [0.29, 0.717) is 18.6 Å². The summed E-state index contributed by atoms with van der Waals surface area (Å²) in [5.74, 6) is 0.0478. The van der Waals surface area contributed by atoms with E-state index < -0.39 is 21.3 Å². The number of aromatic nitrogens is 3. The normalized spacial score (nSPS) is 14.1. The van der Waals surface area contributed by atoms with Gasteiger partial charge in [-0.3, -0.25) is 23.4 Å². The zero-order chi connectivity index (χ0) is 23.8. The highest BCUT2D eigenvalue weighted by Gasteiger charge is 2.21. The van der Waals surface area contributed by atoms with Crippen LogP contribution in [0.15, 0.2) is 51.0 Å². The summed E-state index contributed by atoms with van der Waals surface area (Å²) in [7, 11) is -2.51. The third-order valence-electron chi connectivity index (χ3n) is 5.79. The first-order valence-electron chi connectivity index (χ1n) is 10.6. The van der Waals surface area contributed by atoms with Gasteiger partial charge in [-0.2, -0.15) is 0 Å². The fourth-order valence-electron chi connectivity index (χ4n) is 3.92. The van der Waals surface area contributed by atoms with Crippen molar-refractivity contribution in [3.8, 4) is 0 Å². The molecule has 0 spiro atoms. The smallest absolute Gasteiger partial charge is 0.331 e. The summed E-state index contributed by atoms with van der Waals surface area (Å²) in [6.07, 6.45) is 3.47. The SMILES string of the molecule is Cc1ccc(NS(=O)(=O)c2ccc3c(c2)c(=O)n(CCC(=O)N2CCCC2)c(=O)n3C)nc1. The Morgan fingerprint density at radius 1 is 1.12 bits per heavy atom. The van der Waals surface area contributed by atoms with Gasteiger partial charge in [0, 0.05) is 39.3 Å². The van der Waals surface area contributed by atoms with E-state index >= 15 is 0 Å². The van der Waals surface area contributed by atoms with E-state index in [1.807, 2.05) is 6.92 Å². The molecule has 1 aliphatic heterocycles. The molecule has 1 N–H and O–H groups in total. The molecule has 1 amide bonds. The number of hydrogen-bond acceptors (Lipinski definition) is 6. The van der Waals surface area contributed by atoms with Gasteiger partial charge in [0.05, 0.1) is 15.8 Å². The molecule has 3 aromatic rings. The predicted octanol–water partition coefficient (Wildman–Crippen LogP) is 1.22. The van der Waals surface area contributed by atoms with Crippen LogP contribution in [-0.2, 0) is 28.4 Å². The van der Waals surface area contributed by atoms with Gasteiger partial charge in [0.25, 0.3) is 15.6 Å². The lowest BCUT2D eigenvalue weighted by atomic mass is 10.2. The van der Waals surface area contributed by atoms with E-state index in [1.165, 1.54) is 36.0 Å². The van der Waals surface area contributed by atoms with Crippen molar-refractivity contribution in [3.63, 3.8) is 0 Å². The van der Waals surface area contributed by atoms with E-state index in [9.17, 15) is 22.8 Å². The van der Waals surface area contributed by atoms with Gasteiger partial charge in [0.1, 0.15) is 5.82 Å². The monoisotopic (exact) mass is 471 g/mol. The van der Waals surface area contributed by atoms with Gasteiger partial charge < -0.3 is 4.90 Å². The first-order chi connectivity index (χ1) is 15.7. The summed E-state index contributed by atoms with van der Waals surface area (Å²) in [6, 6.07) is 7.27. The summed E-state index contributed by atoms with van der Waals surface area (Å²) >= 11 is 0. The van der Waals surface area contributed by atoms with Gasteiger partial charge in [-0.15, -0.1) is 0 Å². The van der Waals surface area contributed by atoms with Crippen LogP contribution >= 0.6 is 0 Å². The lowest BCUT2D eigenvalue weighted by Gasteiger charge is -2.16. The number of carbonyl (C=O) groups is 1. The van der Waals surface area contributed by atoms with Crippen molar-refractivity contribution in [1.29, 1.82) is 0 Å². The number of amides is 1. The third-order valence-corrected chi connectivity index (χ3v) is 7.14. The van der Waals surface area contributed by atoms with Crippen LogP contribution in [0, 0.1) is 6.92 Å². The lowest BCUT2D eigenvalue weighted by Crippen LogP contribution is -2.40. The zero-order valence-corrected chi connectivity index (χ0v) is 19.3. The van der Waals surface area contributed by atoms with E-state index in [1.54, 1.807) is 17.0 Å². The molecule has 1 aliphatic rings. The van der Waals surface area contributed by atoms with Gasteiger partial charge in [0.2, 0.25) is 5.91 Å². The fraction of sp³-hybridized carbons (Fsp3) is 0.364. The van der Waals surface area contributed by atoms with Gasteiger partial charge >= 0.3 is 5.69 Å². The summed E-state index contributed by atoms with van der Waals surface area (Å²) in [5, 5.41) is 0.0745. The highest BCUT2D eigenvalue weighted by Crippen LogP contribution is 2.18. The second-order valence-corrected chi connectivity index (χ2v) is 9.82. The quantitative estimate of drug-likeness (QED) is 0.577. The first-order valence-corrected chi connectivity index (χ1v) is 12.1. The fourth-order valence-corrected chi connectivity index (χ4v) is 4.95. The van der Waals surface area contributed by atoms with Crippen molar-refractivity contribution in [2.45, 2.75) is 37.6 Å². The molecule has 10 nitrogen and oxygen atoms in total. The maximum atomic E-state index is 13.1. The number of anilines is 1. The molecule has 33 heavy (non-hydrogen) atoms. The second kappa shape index (κ2) is 8.81. The number of hydrogen-bond donors (Lipinski definition) is 1. The zero-order valence-electron chi connectivity index (χ0n) is 18.4. The number of fused-ring (bicyclic) bond motifs is 1. The van der Waals surface area contributed by atoms with Gasteiger partial charge in [-0.25, -0.2) is 18.2 Å². The highest BCUT2D eigenvalue weighted by molar-refractivity contribution is 7.92. The van der Waals surface area contributed by atoms with Crippen molar-refractivity contribution in [1.82, 2.24) is 19.0 Å². The lowest BCUT2D eigenvalue weighted by molar-refractivity contribution is -0.130. The minimum atomic E-state index is -4.02. The second-order valence-electron chi connectivity index (χ2n) is 8.14. The van der Waals surface area contributed by atoms with Crippen molar-refractivity contribution in [2.24, 2.45) is 7.05 Å². The molecule has 0 saturated carbocycles. The molecular weight excluding hydrogens is 446 g/mol. The minimum Gasteiger partial charge on any atom is -0.343 e. The largest absolute Gasteiger partial charge is 0.343 e. The van der Waals surface area contributed by atoms with Crippen LogP contribution in [0.2, 0.25) is 0 Å². The van der Waals surface area contributed by atoms with Crippen LogP contribution in [0.5, 0.6) is 0 Å². The number of likely N-dealkylation sites (tertiary alicyclic amines) is 1. The first kappa shape index (κ1) is 22.7.